The van der Waals surface area contributed by atoms with E-state index in [1.54, 1.807) is 12.1 Å². The fourth-order valence-electron chi connectivity index (χ4n) is 8.05. The fourth-order valence-corrected chi connectivity index (χ4v) is 8.05. The standard InChI is InChI=1S/C49H27N7/c1-52-40-28-33(46-39(30-51)45(31-15-5-2-6-16-31)53-49(54-46)32-17-7-3-8-18-32)27-34(29-50)47(40)56-42-24-14-12-22-38(42)44-43(56)26-25-37-36-21-11-13-23-41(36)55(48(37)44)35-19-9-4-10-20-35/h2-28H. The first-order valence-corrected chi connectivity index (χ1v) is 18.1. The highest BCUT2D eigenvalue weighted by molar-refractivity contribution is 6.26. The van der Waals surface area contributed by atoms with Crippen LogP contribution in [0.25, 0.3) is 93.7 Å². The topological polar surface area (TPSA) is 87.6 Å². The highest BCUT2D eigenvalue weighted by atomic mass is 15.0. The monoisotopic (exact) mass is 713 g/mol. The summed E-state index contributed by atoms with van der Waals surface area (Å²) in [5, 5.41) is 25.9. The number of benzene rings is 7. The highest BCUT2D eigenvalue weighted by Crippen LogP contribution is 2.45. The van der Waals surface area contributed by atoms with Crippen molar-refractivity contribution >= 4 is 49.3 Å². The maximum atomic E-state index is 10.9. The Morgan fingerprint density at radius 3 is 1.77 bits per heavy atom. The van der Waals surface area contributed by atoms with Crippen molar-refractivity contribution in [3.05, 3.63) is 186 Å². The smallest absolute Gasteiger partial charge is 0.212 e. The molecule has 0 aliphatic rings. The van der Waals surface area contributed by atoms with Gasteiger partial charge in [-0.1, -0.05) is 121 Å². The Bertz CT molecular complexity index is 3290. The van der Waals surface area contributed by atoms with Crippen LogP contribution in [0.1, 0.15) is 11.1 Å². The second-order valence-corrected chi connectivity index (χ2v) is 13.5. The van der Waals surface area contributed by atoms with E-state index in [2.05, 4.69) is 76.1 Å². The first kappa shape index (κ1) is 32.3. The van der Waals surface area contributed by atoms with Crippen molar-refractivity contribution in [1.82, 2.24) is 19.1 Å². The maximum absolute atomic E-state index is 10.9. The van der Waals surface area contributed by atoms with Gasteiger partial charge in [0.15, 0.2) is 5.82 Å². The summed E-state index contributed by atoms with van der Waals surface area (Å²) in [6.45, 7) is 8.54. The lowest BCUT2D eigenvalue weighted by molar-refractivity contribution is 1.16. The summed E-state index contributed by atoms with van der Waals surface area (Å²) < 4.78 is 4.35. The summed E-state index contributed by atoms with van der Waals surface area (Å²) in [6, 6.07) is 58.6. The van der Waals surface area contributed by atoms with E-state index in [1.165, 1.54) is 0 Å². The molecule has 0 spiro atoms. The number of hydrogen-bond donors (Lipinski definition) is 0. The molecule has 0 N–H and O–H groups in total. The van der Waals surface area contributed by atoms with Crippen LogP contribution in [0.4, 0.5) is 5.69 Å². The van der Waals surface area contributed by atoms with E-state index in [0.717, 1.165) is 60.4 Å². The Morgan fingerprint density at radius 1 is 0.518 bits per heavy atom. The molecule has 7 aromatic carbocycles. The van der Waals surface area contributed by atoms with Crippen LogP contribution in [-0.2, 0) is 0 Å². The molecule has 0 atom stereocenters. The van der Waals surface area contributed by atoms with Gasteiger partial charge in [0.05, 0.1) is 57.3 Å². The first-order chi connectivity index (χ1) is 27.7. The Kier molecular flexibility index (Phi) is 7.49. The number of hydrogen-bond acceptors (Lipinski definition) is 4. The van der Waals surface area contributed by atoms with Gasteiger partial charge in [-0.25, -0.2) is 14.8 Å². The van der Waals surface area contributed by atoms with Crippen molar-refractivity contribution in [3.63, 3.8) is 0 Å². The minimum atomic E-state index is 0.260. The molecule has 3 aromatic heterocycles. The van der Waals surface area contributed by atoms with Crippen LogP contribution in [0.2, 0.25) is 0 Å². The summed E-state index contributed by atoms with van der Waals surface area (Å²) >= 11 is 0. The second kappa shape index (κ2) is 13.0. The van der Waals surface area contributed by atoms with E-state index in [1.807, 2.05) is 102 Å². The van der Waals surface area contributed by atoms with Gasteiger partial charge in [0.2, 0.25) is 5.69 Å². The van der Waals surface area contributed by atoms with Gasteiger partial charge in [0.1, 0.15) is 11.6 Å². The molecule has 7 nitrogen and oxygen atoms in total. The van der Waals surface area contributed by atoms with Gasteiger partial charge < -0.3 is 9.13 Å². The number of para-hydroxylation sites is 3. The van der Waals surface area contributed by atoms with Crippen LogP contribution in [0.3, 0.4) is 0 Å². The lowest BCUT2D eigenvalue weighted by Gasteiger charge is -2.16. The van der Waals surface area contributed by atoms with Crippen molar-refractivity contribution in [2.45, 2.75) is 0 Å². The number of rotatable bonds is 5. The van der Waals surface area contributed by atoms with Crippen molar-refractivity contribution in [2.24, 2.45) is 0 Å². The lowest BCUT2D eigenvalue weighted by Crippen LogP contribution is -2.03. The molecule has 10 aromatic rings. The van der Waals surface area contributed by atoms with Gasteiger partial charge in [-0.15, -0.1) is 0 Å². The molecule has 3 heterocycles. The molecule has 0 aliphatic carbocycles. The molecule has 0 unspecified atom stereocenters. The third kappa shape index (κ3) is 4.88. The molecule has 0 fully saturated rings. The molecule has 56 heavy (non-hydrogen) atoms. The molecule has 258 valence electrons. The molecule has 0 saturated carbocycles. The van der Waals surface area contributed by atoms with Crippen LogP contribution in [0.15, 0.2) is 164 Å². The average molecular weight is 714 g/mol. The molecule has 0 amide bonds. The highest BCUT2D eigenvalue weighted by Gasteiger charge is 2.25. The Morgan fingerprint density at radius 2 is 1.11 bits per heavy atom. The Balaban J connectivity index is 1.28. The SMILES string of the molecule is [C-]#[N+]c1cc(-c2nc(-c3ccccc3)nc(-c3ccccc3)c2C#N)cc(C#N)c1-n1c2ccccc2c2c1ccc1c3ccccc3n(-c3ccccc3)c12. The largest absolute Gasteiger partial charge is 0.318 e. The van der Waals surface area contributed by atoms with E-state index in [-0.39, 0.29) is 16.8 Å². The average Bonchev–Trinajstić information content (AvgIpc) is 3.79. The van der Waals surface area contributed by atoms with Crippen LogP contribution in [0.5, 0.6) is 0 Å². The molecule has 0 aliphatic heterocycles. The zero-order chi connectivity index (χ0) is 37.8. The zero-order valence-corrected chi connectivity index (χ0v) is 29.7. The summed E-state index contributed by atoms with van der Waals surface area (Å²) in [6.07, 6.45) is 0. The molecular weight excluding hydrogens is 687 g/mol. The van der Waals surface area contributed by atoms with Gasteiger partial charge in [-0.05, 0) is 48.0 Å². The van der Waals surface area contributed by atoms with E-state index in [9.17, 15) is 10.5 Å². The van der Waals surface area contributed by atoms with Gasteiger partial charge in [0, 0.05) is 38.4 Å². The van der Waals surface area contributed by atoms with Crippen LogP contribution < -0.4 is 0 Å². The molecule has 0 saturated heterocycles. The van der Waals surface area contributed by atoms with E-state index < -0.39 is 0 Å². The van der Waals surface area contributed by atoms with Gasteiger partial charge in [0.25, 0.3) is 0 Å². The molecular formula is C49H27N7. The van der Waals surface area contributed by atoms with Crippen molar-refractivity contribution in [1.29, 1.82) is 10.5 Å². The molecule has 7 heteroatoms. The van der Waals surface area contributed by atoms with E-state index in [0.29, 0.717) is 28.5 Å². The quantitative estimate of drug-likeness (QED) is 0.166. The lowest BCUT2D eigenvalue weighted by atomic mass is 9.97. The summed E-state index contributed by atoms with van der Waals surface area (Å²) in [4.78, 5) is 13.9. The van der Waals surface area contributed by atoms with Crippen molar-refractivity contribution in [3.8, 4) is 57.4 Å². The molecule has 0 radical (unpaired) electrons. The predicted octanol–water partition coefficient (Wildman–Crippen LogP) is 12.0. The Labute approximate surface area is 321 Å². The summed E-state index contributed by atoms with van der Waals surface area (Å²) in [5.74, 6) is 0.436. The van der Waals surface area contributed by atoms with E-state index in [4.69, 9.17) is 16.5 Å². The second-order valence-electron chi connectivity index (χ2n) is 13.5. The normalized spacial score (nSPS) is 11.2. The van der Waals surface area contributed by atoms with Crippen molar-refractivity contribution in [2.75, 3.05) is 0 Å². The zero-order valence-electron chi connectivity index (χ0n) is 29.7. The van der Waals surface area contributed by atoms with Gasteiger partial charge in [-0.3, -0.25) is 0 Å². The number of nitriles is 2. The third-order valence-electron chi connectivity index (χ3n) is 10.4. The first-order valence-electron chi connectivity index (χ1n) is 18.1. The minimum Gasteiger partial charge on any atom is -0.318 e. The maximum Gasteiger partial charge on any atom is 0.212 e. The van der Waals surface area contributed by atoms with Gasteiger partial charge in [-0.2, -0.15) is 10.5 Å². The summed E-state index contributed by atoms with van der Waals surface area (Å²) in [5.41, 5.74) is 9.03. The number of nitrogens with zero attached hydrogens (tertiary/aromatic N) is 7. The number of fused-ring (bicyclic) bond motifs is 7. The van der Waals surface area contributed by atoms with E-state index >= 15 is 0 Å². The summed E-state index contributed by atoms with van der Waals surface area (Å²) in [7, 11) is 0. The molecule has 0 bridgehead atoms. The van der Waals surface area contributed by atoms with Gasteiger partial charge >= 0.3 is 0 Å². The molecule has 10 rings (SSSR count). The van der Waals surface area contributed by atoms with Crippen LogP contribution in [-0.4, -0.2) is 19.1 Å². The predicted molar refractivity (Wildman–Crippen MR) is 223 cm³/mol. The van der Waals surface area contributed by atoms with Crippen molar-refractivity contribution < 1.29 is 0 Å². The van der Waals surface area contributed by atoms with Crippen LogP contribution >= 0.6 is 0 Å². The Hall–Kier alpha value is -8.31. The number of aromatic nitrogens is 4. The fraction of sp³-hybridized carbons (Fsp3) is 0. The van der Waals surface area contributed by atoms with Crippen LogP contribution in [0, 0.1) is 29.2 Å². The third-order valence-corrected chi connectivity index (χ3v) is 10.4. The minimum absolute atomic E-state index is 0.260.